The number of nitrogens with two attached hydrogens (primary N) is 1. The van der Waals surface area contributed by atoms with Gasteiger partial charge in [0.2, 0.25) is 0 Å². The van der Waals surface area contributed by atoms with Gasteiger partial charge in [-0.15, -0.1) is 0 Å². The summed E-state index contributed by atoms with van der Waals surface area (Å²) in [5.41, 5.74) is 7.71. The van der Waals surface area contributed by atoms with Crippen LogP contribution in [0.15, 0.2) is 18.2 Å². The Morgan fingerprint density at radius 2 is 2.28 bits per heavy atom. The average Bonchev–Trinajstić information content (AvgIpc) is 2.76. The first-order valence-corrected chi connectivity index (χ1v) is 6.93. The quantitative estimate of drug-likeness (QED) is 0.889. The Morgan fingerprint density at radius 1 is 1.50 bits per heavy atom. The van der Waals surface area contributed by atoms with Crippen molar-refractivity contribution >= 4 is 5.69 Å². The maximum atomic E-state index is 14.2. The van der Waals surface area contributed by atoms with E-state index in [1.807, 2.05) is 13.0 Å². The van der Waals surface area contributed by atoms with E-state index in [9.17, 15) is 4.39 Å². The smallest absolute Gasteiger partial charge is 0.146 e. The summed E-state index contributed by atoms with van der Waals surface area (Å²) in [6.45, 7) is 5.11. The third-order valence-electron chi connectivity index (χ3n) is 3.75. The van der Waals surface area contributed by atoms with Crippen LogP contribution in [0.3, 0.4) is 0 Å². The second kappa shape index (κ2) is 5.70. The van der Waals surface area contributed by atoms with E-state index in [4.69, 9.17) is 5.73 Å². The number of rotatable bonds is 4. The Labute approximate surface area is 109 Å². The van der Waals surface area contributed by atoms with E-state index in [2.05, 4.69) is 11.8 Å². The molecular weight excluding hydrogens is 227 g/mol. The van der Waals surface area contributed by atoms with Crippen molar-refractivity contribution in [3.8, 4) is 0 Å². The summed E-state index contributed by atoms with van der Waals surface area (Å²) >= 11 is 0. The molecule has 2 unspecified atom stereocenters. The van der Waals surface area contributed by atoms with Crippen LogP contribution < -0.4 is 10.6 Å². The van der Waals surface area contributed by atoms with Crippen molar-refractivity contribution in [2.24, 2.45) is 5.73 Å². The maximum Gasteiger partial charge on any atom is 0.146 e. The molecule has 0 aliphatic carbocycles. The molecule has 1 aliphatic rings. The predicted molar refractivity (Wildman–Crippen MR) is 74.4 cm³/mol. The highest BCUT2D eigenvalue weighted by Gasteiger charge is 2.27. The largest absolute Gasteiger partial charge is 0.366 e. The van der Waals surface area contributed by atoms with Crippen molar-refractivity contribution in [1.82, 2.24) is 0 Å². The predicted octanol–water partition coefficient (Wildman–Crippen LogP) is 3.09. The van der Waals surface area contributed by atoms with Crippen LogP contribution in [0, 0.1) is 5.82 Å². The number of halogens is 1. The molecule has 0 saturated carbocycles. The van der Waals surface area contributed by atoms with Crippen LogP contribution >= 0.6 is 0 Å². The second-order valence-electron chi connectivity index (χ2n) is 5.33. The van der Waals surface area contributed by atoms with Crippen LogP contribution in [-0.4, -0.2) is 18.6 Å². The third-order valence-corrected chi connectivity index (χ3v) is 3.75. The Morgan fingerprint density at radius 3 is 2.94 bits per heavy atom. The van der Waals surface area contributed by atoms with E-state index in [0.29, 0.717) is 6.04 Å². The van der Waals surface area contributed by atoms with E-state index in [1.54, 1.807) is 12.1 Å². The molecule has 1 aliphatic heterocycles. The summed E-state index contributed by atoms with van der Waals surface area (Å²) in [6, 6.07) is 5.90. The minimum absolute atomic E-state index is 0.0632. The molecule has 1 saturated heterocycles. The lowest BCUT2D eigenvalue weighted by molar-refractivity contribution is 0.591. The Hall–Kier alpha value is -1.09. The lowest BCUT2D eigenvalue weighted by Crippen LogP contribution is -2.31. The van der Waals surface area contributed by atoms with Gasteiger partial charge in [0, 0.05) is 18.6 Å². The molecule has 0 radical (unpaired) electrons. The molecule has 0 spiro atoms. The lowest BCUT2D eigenvalue weighted by atomic mass is 10.0. The van der Waals surface area contributed by atoms with Crippen LogP contribution in [0.25, 0.3) is 0 Å². The molecule has 2 rings (SSSR count). The average molecular weight is 250 g/mol. The maximum absolute atomic E-state index is 14.2. The van der Waals surface area contributed by atoms with E-state index < -0.39 is 0 Å². The van der Waals surface area contributed by atoms with Gasteiger partial charge >= 0.3 is 0 Å². The number of hydrogen-bond acceptors (Lipinski definition) is 2. The van der Waals surface area contributed by atoms with Crippen LogP contribution in [-0.2, 0) is 6.42 Å². The highest BCUT2D eigenvalue weighted by molar-refractivity contribution is 5.56. The fourth-order valence-corrected chi connectivity index (χ4v) is 2.95. The lowest BCUT2D eigenvalue weighted by Gasteiger charge is -2.29. The molecule has 100 valence electrons. The molecule has 1 heterocycles. The molecule has 2 atom stereocenters. The van der Waals surface area contributed by atoms with Gasteiger partial charge in [-0.2, -0.15) is 0 Å². The molecule has 2 N–H and O–H groups in total. The fourth-order valence-electron chi connectivity index (χ4n) is 2.95. The Bertz CT molecular complexity index is 403. The fraction of sp³-hybridized carbons (Fsp3) is 0.600. The van der Waals surface area contributed by atoms with Crippen molar-refractivity contribution in [1.29, 1.82) is 0 Å². The summed E-state index contributed by atoms with van der Waals surface area (Å²) in [6.07, 6.45) is 4.14. The number of nitrogens with zero attached hydrogens (tertiary/aromatic N) is 1. The Balaban J connectivity index is 2.35. The van der Waals surface area contributed by atoms with Crippen LogP contribution in [0.2, 0.25) is 0 Å². The van der Waals surface area contributed by atoms with Crippen molar-refractivity contribution in [2.75, 3.05) is 11.4 Å². The second-order valence-corrected chi connectivity index (χ2v) is 5.33. The minimum Gasteiger partial charge on any atom is -0.366 e. The highest BCUT2D eigenvalue weighted by Crippen LogP contribution is 2.32. The summed E-state index contributed by atoms with van der Waals surface area (Å²) in [7, 11) is 0. The van der Waals surface area contributed by atoms with E-state index >= 15 is 0 Å². The van der Waals surface area contributed by atoms with Gasteiger partial charge in [0.05, 0.1) is 5.69 Å². The third kappa shape index (κ3) is 2.66. The molecule has 18 heavy (non-hydrogen) atoms. The molecule has 2 nitrogen and oxygen atoms in total. The van der Waals surface area contributed by atoms with Gasteiger partial charge < -0.3 is 10.6 Å². The zero-order valence-electron chi connectivity index (χ0n) is 11.3. The number of para-hydroxylation sites is 1. The monoisotopic (exact) mass is 250 g/mol. The first-order chi connectivity index (χ1) is 8.63. The zero-order chi connectivity index (χ0) is 13.1. The molecule has 1 aromatic carbocycles. The van der Waals surface area contributed by atoms with Crippen molar-refractivity contribution in [2.45, 2.75) is 51.6 Å². The number of anilines is 1. The standard InChI is InChI=1S/C15H23FN2/c1-3-13-7-5-9-18(13)15-12(10-11(2)17)6-4-8-14(15)16/h4,6,8,11,13H,3,5,7,9-10,17H2,1-2H3. The molecule has 1 aromatic rings. The molecule has 3 heteroatoms. The number of hydrogen-bond donors (Lipinski definition) is 1. The zero-order valence-corrected chi connectivity index (χ0v) is 11.3. The van der Waals surface area contributed by atoms with Gasteiger partial charge in [0.1, 0.15) is 5.82 Å². The molecule has 1 fully saturated rings. The molecule has 0 aromatic heterocycles. The minimum atomic E-state index is -0.103. The van der Waals surface area contributed by atoms with Gasteiger partial charge in [-0.25, -0.2) is 4.39 Å². The summed E-state index contributed by atoms with van der Waals surface area (Å²) < 4.78 is 14.2. The number of benzene rings is 1. The molecular formula is C15H23FN2. The Kier molecular flexibility index (Phi) is 4.23. The first kappa shape index (κ1) is 13.3. The van der Waals surface area contributed by atoms with Crippen molar-refractivity contribution in [3.63, 3.8) is 0 Å². The van der Waals surface area contributed by atoms with Crippen molar-refractivity contribution < 1.29 is 4.39 Å². The van der Waals surface area contributed by atoms with Gasteiger partial charge in [0.25, 0.3) is 0 Å². The summed E-state index contributed by atoms with van der Waals surface area (Å²) in [5.74, 6) is -0.103. The van der Waals surface area contributed by atoms with Gasteiger partial charge in [0.15, 0.2) is 0 Å². The molecule has 0 amide bonds. The summed E-state index contributed by atoms with van der Waals surface area (Å²) in [4.78, 5) is 2.24. The van der Waals surface area contributed by atoms with Gasteiger partial charge in [-0.05, 0) is 44.2 Å². The molecule has 0 bridgehead atoms. The summed E-state index contributed by atoms with van der Waals surface area (Å²) in [5, 5.41) is 0. The van der Waals surface area contributed by atoms with Gasteiger partial charge in [-0.3, -0.25) is 0 Å². The van der Waals surface area contributed by atoms with Crippen LogP contribution in [0.4, 0.5) is 10.1 Å². The topological polar surface area (TPSA) is 29.3 Å². The highest BCUT2D eigenvalue weighted by atomic mass is 19.1. The van der Waals surface area contributed by atoms with Gasteiger partial charge in [-0.1, -0.05) is 19.1 Å². The van der Waals surface area contributed by atoms with Crippen molar-refractivity contribution in [3.05, 3.63) is 29.6 Å². The van der Waals surface area contributed by atoms with E-state index in [-0.39, 0.29) is 11.9 Å². The van der Waals surface area contributed by atoms with E-state index in [1.165, 1.54) is 6.42 Å². The first-order valence-electron chi connectivity index (χ1n) is 6.93. The van der Waals surface area contributed by atoms with Crippen LogP contribution in [0.1, 0.15) is 38.7 Å². The normalized spacial score (nSPS) is 21.3. The van der Waals surface area contributed by atoms with E-state index in [0.717, 1.165) is 37.1 Å². The SMILES string of the molecule is CCC1CCCN1c1c(F)cccc1CC(C)N. The van der Waals surface area contributed by atoms with Crippen LogP contribution in [0.5, 0.6) is 0 Å².